The highest BCUT2D eigenvalue weighted by molar-refractivity contribution is 7.87. The molecule has 0 spiro atoms. The van der Waals surface area contributed by atoms with Crippen molar-refractivity contribution in [2.45, 2.75) is 25.3 Å². The number of hydrogen-bond donors (Lipinski definition) is 2. The van der Waals surface area contributed by atoms with Crippen molar-refractivity contribution < 1.29 is 13.2 Å². The van der Waals surface area contributed by atoms with Crippen LogP contribution in [0.15, 0.2) is 0 Å². The monoisotopic (exact) mass is 263 g/mol. The lowest BCUT2D eigenvalue weighted by molar-refractivity contribution is 0.0724. The zero-order chi connectivity index (χ0) is 12.3. The summed E-state index contributed by atoms with van der Waals surface area (Å²) in [6.07, 6.45) is 3.13. The minimum absolute atomic E-state index is 0.141. The Kier molecular flexibility index (Phi) is 4.37. The lowest BCUT2D eigenvalue weighted by Crippen LogP contribution is -2.48. The summed E-state index contributed by atoms with van der Waals surface area (Å²) in [7, 11) is -3.35. The standard InChI is InChI=1S/C10H21N3O3S/c11-10-3-1-2-9(10)8-12-17(14,15)13-4-6-16-7-5-13/h9-10,12H,1-8,11H2. The number of nitrogens with two attached hydrogens (primary N) is 1. The highest BCUT2D eigenvalue weighted by Crippen LogP contribution is 2.23. The lowest BCUT2D eigenvalue weighted by Gasteiger charge is -2.27. The molecule has 2 atom stereocenters. The molecule has 1 saturated carbocycles. The van der Waals surface area contributed by atoms with Crippen molar-refractivity contribution in [1.82, 2.24) is 9.03 Å². The van der Waals surface area contributed by atoms with Gasteiger partial charge in [0, 0.05) is 25.7 Å². The van der Waals surface area contributed by atoms with Gasteiger partial charge in [-0.25, -0.2) is 4.72 Å². The summed E-state index contributed by atoms with van der Waals surface area (Å²) in [5.74, 6) is 0.283. The van der Waals surface area contributed by atoms with Gasteiger partial charge in [-0.2, -0.15) is 12.7 Å². The molecule has 0 radical (unpaired) electrons. The SMILES string of the molecule is NC1CCCC1CNS(=O)(=O)N1CCOCC1. The third-order valence-corrected chi connectivity index (χ3v) is 5.13. The maximum absolute atomic E-state index is 12.0. The van der Waals surface area contributed by atoms with Crippen molar-refractivity contribution in [3.63, 3.8) is 0 Å². The summed E-state index contributed by atoms with van der Waals surface area (Å²) in [4.78, 5) is 0. The molecule has 1 aliphatic carbocycles. The van der Waals surface area contributed by atoms with E-state index in [0.29, 0.717) is 32.8 Å². The number of morpholine rings is 1. The van der Waals surface area contributed by atoms with Crippen LogP contribution in [0, 0.1) is 5.92 Å². The Balaban J connectivity index is 1.84. The summed E-state index contributed by atoms with van der Waals surface area (Å²) in [6, 6.07) is 0.141. The van der Waals surface area contributed by atoms with Crippen molar-refractivity contribution in [3.8, 4) is 0 Å². The van der Waals surface area contributed by atoms with Crippen molar-refractivity contribution in [1.29, 1.82) is 0 Å². The van der Waals surface area contributed by atoms with E-state index >= 15 is 0 Å². The molecular weight excluding hydrogens is 242 g/mol. The first-order chi connectivity index (χ1) is 8.09. The van der Waals surface area contributed by atoms with Crippen molar-refractivity contribution in [3.05, 3.63) is 0 Å². The average Bonchev–Trinajstić information content (AvgIpc) is 2.74. The van der Waals surface area contributed by atoms with E-state index in [-0.39, 0.29) is 12.0 Å². The van der Waals surface area contributed by atoms with E-state index in [4.69, 9.17) is 10.5 Å². The first kappa shape index (κ1) is 13.2. The van der Waals surface area contributed by atoms with Crippen LogP contribution in [0.1, 0.15) is 19.3 Å². The molecule has 7 heteroatoms. The topological polar surface area (TPSA) is 84.7 Å². The van der Waals surface area contributed by atoms with Gasteiger partial charge in [0.15, 0.2) is 0 Å². The molecule has 17 heavy (non-hydrogen) atoms. The van der Waals surface area contributed by atoms with Crippen LogP contribution in [0.3, 0.4) is 0 Å². The zero-order valence-electron chi connectivity index (χ0n) is 9.97. The average molecular weight is 263 g/mol. The van der Waals surface area contributed by atoms with E-state index < -0.39 is 10.2 Å². The second kappa shape index (κ2) is 5.62. The molecule has 0 aromatic heterocycles. The quantitative estimate of drug-likeness (QED) is 0.701. The third kappa shape index (κ3) is 3.38. The second-order valence-corrected chi connectivity index (χ2v) is 6.47. The molecule has 100 valence electrons. The fraction of sp³-hybridized carbons (Fsp3) is 1.00. The summed E-state index contributed by atoms with van der Waals surface area (Å²) in [6.45, 7) is 2.28. The van der Waals surface area contributed by atoms with Gasteiger partial charge >= 0.3 is 0 Å². The largest absolute Gasteiger partial charge is 0.379 e. The van der Waals surface area contributed by atoms with E-state index in [1.807, 2.05) is 0 Å². The maximum Gasteiger partial charge on any atom is 0.279 e. The molecule has 0 bridgehead atoms. The van der Waals surface area contributed by atoms with Crippen molar-refractivity contribution >= 4 is 10.2 Å². The van der Waals surface area contributed by atoms with Gasteiger partial charge in [-0.05, 0) is 18.8 Å². The first-order valence-electron chi connectivity index (χ1n) is 6.17. The fourth-order valence-electron chi connectivity index (χ4n) is 2.41. The highest BCUT2D eigenvalue weighted by atomic mass is 32.2. The van der Waals surface area contributed by atoms with Crippen molar-refractivity contribution in [2.75, 3.05) is 32.8 Å². The van der Waals surface area contributed by atoms with Gasteiger partial charge in [-0.15, -0.1) is 0 Å². The molecule has 2 aliphatic rings. The molecule has 1 aliphatic heterocycles. The summed E-state index contributed by atoms with van der Waals surface area (Å²) < 4.78 is 33.2. The number of nitrogens with zero attached hydrogens (tertiary/aromatic N) is 1. The van der Waals surface area contributed by atoms with Gasteiger partial charge < -0.3 is 10.5 Å². The minimum Gasteiger partial charge on any atom is -0.379 e. The van der Waals surface area contributed by atoms with E-state index in [1.165, 1.54) is 4.31 Å². The van der Waals surface area contributed by atoms with Crippen LogP contribution in [-0.4, -0.2) is 51.6 Å². The second-order valence-electron chi connectivity index (χ2n) is 4.72. The molecule has 2 rings (SSSR count). The van der Waals surface area contributed by atoms with Crippen LogP contribution in [0.2, 0.25) is 0 Å². The Morgan fingerprint density at radius 1 is 1.29 bits per heavy atom. The normalized spacial score (nSPS) is 31.8. The van der Waals surface area contributed by atoms with Crippen LogP contribution >= 0.6 is 0 Å². The number of rotatable bonds is 4. The predicted molar refractivity (Wildman–Crippen MR) is 64.6 cm³/mol. The lowest BCUT2D eigenvalue weighted by atomic mass is 10.1. The van der Waals surface area contributed by atoms with E-state index in [1.54, 1.807) is 0 Å². The number of hydrogen-bond acceptors (Lipinski definition) is 4. The van der Waals surface area contributed by atoms with E-state index in [2.05, 4.69) is 4.72 Å². The Morgan fingerprint density at radius 3 is 2.59 bits per heavy atom. The Morgan fingerprint density at radius 2 is 2.00 bits per heavy atom. The van der Waals surface area contributed by atoms with E-state index in [9.17, 15) is 8.42 Å². The van der Waals surface area contributed by atoms with Crippen LogP contribution in [0.25, 0.3) is 0 Å². The van der Waals surface area contributed by atoms with Crippen molar-refractivity contribution in [2.24, 2.45) is 11.7 Å². The van der Waals surface area contributed by atoms with E-state index in [0.717, 1.165) is 19.3 Å². The third-order valence-electron chi connectivity index (χ3n) is 3.56. The smallest absolute Gasteiger partial charge is 0.279 e. The molecule has 0 aromatic rings. The summed E-state index contributed by atoms with van der Waals surface area (Å²) in [5, 5.41) is 0. The molecule has 0 amide bonds. The molecule has 3 N–H and O–H groups in total. The minimum atomic E-state index is -3.35. The van der Waals surface area contributed by atoms with Gasteiger partial charge in [0.05, 0.1) is 13.2 Å². The zero-order valence-corrected chi connectivity index (χ0v) is 10.8. The number of nitrogens with one attached hydrogen (secondary N) is 1. The Labute approximate surface area is 103 Å². The van der Waals surface area contributed by atoms with Gasteiger partial charge in [-0.1, -0.05) is 6.42 Å². The molecule has 2 fully saturated rings. The number of ether oxygens (including phenoxy) is 1. The Bertz CT molecular complexity index is 341. The first-order valence-corrected chi connectivity index (χ1v) is 7.61. The highest BCUT2D eigenvalue weighted by Gasteiger charge is 2.28. The van der Waals surface area contributed by atoms with Crippen LogP contribution in [-0.2, 0) is 14.9 Å². The maximum atomic E-state index is 12.0. The molecule has 6 nitrogen and oxygen atoms in total. The van der Waals surface area contributed by atoms with Crippen LogP contribution in [0.4, 0.5) is 0 Å². The van der Waals surface area contributed by atoms with Gasteiger partial charge in [0.1, 0.15) is 0 Å². The molecule has 0 aromatic carbocycles. The molecular formula is C10H21N3O3S. The van der Waals surface area contributed by atoms with Gasteiger partial charge in [0.2, 0.25) is 0 Å². The van der Waals surface area contributed by atoms with Crippen LogP contribution < -0.4 is 10.5 Å². The summed E-state index contributed by atoms with van der Waals surface area (Å²) in [5.41, 5.74) is 5.92. The fourth-order valence-corrected chi connectivity index (χ4v) is 3.65. The molecule has 1 heterocycles. The molecule has 2 unspecified atom stereocenters. The summed E-state index contributed by atoms with van der Waals surface area (Å²) >= 11 is 0. The van der Waals surface area contributed by atoms with Gasteiger partial charge in [0.25, 0.3) is 10.2 Å². The van der Waals surface area contributed by atoms with Crippen LogP contribution in [0.5, 0.6) is 0 Å². The predicted octanol–water partition coefficient (Wildman–Crippen LogP) is -0.720. The molecule has 1 saturated heterocycles. The Hall–Kier alpha value is -0.210. The van der Waals surface area contributed by atoms with Gasteiger partial charge in [-0.3, -0.25) is 0 Å².